The fourth-order valence-corrected chi connectivity index (χ4v) is 4.98. The van der Waals surface area contributed by atoms with E-state index in [0.717, 1.165) is 12.8 Å². The smallest absolute Gasteiger partial charge is 0.167 e. The topological polar surface area (TPSA) is 126 Å². The minimum absolute atomic E-state index is 0.168. The van der Waals surface area contributed by atoms with Crippen LogP contribution in [0.3, 0.4) is 0 Å². The number of imidazole rings is 1. The van der Waals surface area contributed by atoms with E-state index in [4.69, 9.17) is 4.74 Å². The molecule has 4 heterocycles. The highest BCUT2D eigenvalue weighted by Crippen LogP contribution is 2.35. The minimum Gasteiger partial charge on any atom is -0.394 e. The second kappa shape index (κ2) is 8.05. The summed E-state index contributed by atoms with van der Waals surface area (Å²) in [6, 6.07) is 2.33. The number of nitrogens with zero attached hydrogens (tertiary/aromatic N) is 4. The highest BCUT2D eigenvalue weighted by Gasteiger charge is 2.44. The Labute approximate surface area is 176 Å². The number of allylic oxidation sites excluding steroid dienone is 1. The molecule has 2 aliphatic rings. The number of aromatic nitrogens is 4. The summed E-state index contributed by atoms with van der Waals surface area (Å²) >= 11 is 1.69. The zero-order chi connectivity index (χ0) is 20.7. The van der Waals surface area contributed by atoms with Crippen molar-refractivity contribution in [2.45, 2.75) is 49.3 Å². The zero-order valence-electron chi connectivity index (χ0n) is 16.1. The van der Waals surface area contributed by atoms with Crippen LogP contribution < -0.4 is 5.32 Å². The van der Waals surface area contributed by atoms with Gasteiger partial charge in [0, 0.05) is 12.0 Å². The monoisotopic (exact) mass is 429 g/mol. The van der Waals surface area contributed by atoms with Crippen molar-refractivity contribution in [3.05, 3.63) is 47.2 Å². The number of hydrogen-bond acceptors (Lipinski definition) is 9. The van der Waals surface area contributed by atoms with Crippen LogP contribution in [0.2, 0.25) is 0 Å². The van der Waals surface area contributed by atoms with Gasteiger partial charge in [0.05, 0.1) is 12.9 Å². The normalized spacial score (nSPS) is 31.4. The van der Waals surface area contributed by atoms with Crippen LogP contribution in [0, 0.1) is 0 Å². The van der Waals surface area contributed by atoms with Gasteiger partial charge in [0.2, 0.25) is 0 Å². The predicted octanol–water partition coefficient (Wildman–Crippen LogP) is 1.41. The molecule has 5 rings (SSSR count). The van der Waals surface area contributed by atoms with E-state index in [1.807, 2.05) is 0 Å². The van der Waals surface area contributed by atoms with Crippen molar-refractivity contribution in [3.8, 4) is 0 Å². The molecular weight excluding hydrogens is 406 g/mol. The molecule has 0 saturated carbocycles. The van der Waals surface area contributed by atoms with Crippen molar-refractivity contribution in [1.29, 1.82) is 0 Å². The lowest BCUT2D eigenvalue weighted by molar-refractivity contribution is -0.0511. The van der Waals surface area contributed by atoms with Crippen molar-refractivity contribution in [1.82, 2.24) is 19.5 Å². The molecule has 1 aliphatic carbocycles. The number of thiophene rings is 1. The van der Waals surface area contributed by atoms with E-state index < -0.39 is 24.5 Å². The van der Waals surface area contributed by atoms with Crippen molar-refractivity contribution < 1.29 is 20.1 Å². The average Bonchev–Trinajstić information content (AvgIpc) is 3.50. The van der Waals surface area contributed by atoms with Crippen LogP contribution >= 0.6 is 11.3 Å². The second-order valence-electron chi connectivity index (χ2n) is 7.63. The maximum Gasteiger partial charge on any atom is 0.167 e. The predicted molar refractivity (Wildman–Crippen MR) is 111 cm³/mol. The number of rotatable bonds is 5. The maximum absolute atomic E-state index is 10.4. The average molecular weight is 430 g/mol. The minimum atomic E-state index is -1.20. The van der Waals surface area contributed by atoms with Crippen LogP contribution in [-0.4, -0.2) is 65.8 Å². The Kier molecular flexibility index (Phi) is 5.25. The summed E-state index contributed by atoms with van der Waals surface area (Å²) in [5, 5.41) is 37.6. The van der Waals surface area contributed by atoms with E-state index in [-0.39, 0.29) is 12.6 Å². The van der Waals surface area contributed by atoms with Gasteiger partial charge in [-0.1, -0.05) is 12.2 Å². The molecule has 3 aromatic rings. The van der Waals surface area contributed by atoms with Gasteiger partial charge >= 0.3 is 0 Å². The van der Waals surface area contributed by atoms with Gasteiger partial charge in [-0.05, 0) is 35.2 Å². The first kappa shape index (κ1) is 19.6. The van der Waals surface area contributed by atoms with E-state index in [1.165, 1.54) is 18.2 Å². The highest BCUT2D eigenvalue weighted by molar-refractivity contribution is 7.08. The maximum atomic E-state index is 10.4. The van der Waals surface area contributed by atoms with Crippen LogP contribution in [0.5, 0.6) is 0 Å². The SMILES string of the molecule is OC[C@H]1O[C@@H](n2cnc3c(NC4CC=CCC4c4ccsc4)ncnc32)C(O)C1O. The molecule has 0 aromatic carbocycles. The largest absolute Gasteiger partial charge is 0.394 e. The first-order valence-corrected chi connectivity index (χ1v) is 10.8. The molecule has 1 saturated heterocycles. The van der Waals surface area contributed by atoms with Gasteiger partial charge in [0.1, 0.15) is 24.6 Å². The van der Waals surface area contributed by atoms with Gasteiger partial charge in [0.15, 0.2) is 23.2 Å². The fraction of sp³-hybridized carbons (Fsp3) is 0.450. The van der Waals surface area contributed by atoms with Crippen molar-refractivity contribution >= 4 is 28.3 Å². The third-order valence-electron chi connectivity index (χ3n) is 5.88. The molecule has 1 aliphatic heterocycles. The van der Waals surface area contributed by atoms with Crippen molar-refractivity contribution in [3.63, 3.8) is 0 Å². The number of nitrogens with one attached hydrogen (secondary N) is 1. The van der Waals surface area contributed by atoms with Gasteiger partial charge in [-0.2, -0.15) is 11.3 Å². The quantitative estimate of drug-likeness (QED) is 0.449. The summed E-state index contributed by atoms with van der Waals surface area (Å²) in [5.41, 5.74) is 2.36. The summed E-state index contributed by atoms with van der Waals surface area (Å²) in [6.45, 7) is -0.387. The number of aliphatic hydroxyl groups is 3. The molecule has 0 amide bonds. The molecule has 4 N–H and O–H groups in total. The number of fused-ring (bicyclic) bond motifs is 1. The van der Waals surface area contributed by atoms with Gasteiger partial charge in [-0.15, -0.1) is 0 Å². The third kappa shape index (κ3) is 3.30. The van der Waals surface area contributed by atoms with Gasteiger partial charge in [-0.25, -0.2) is 15.0 Å². The lowest BCUT2D eigenvalue weighted by Gasteiger charge is -2.29. The molecule has 30 heavy (non-hydrogen) atoms. The Morgan fingerprint density at radius 1 is 1.17 bits per heavy atom. The van der Waals surface area contributed by atoms with E-state index in [9.17, 15) is 15.3 Å². The Hall–Kier alpha value is -2.37. The van der Waals surface area contributed by atoms with E-state index in [0.29, 0.717) is 22.9 Å². The lowest BCUT2D eigenvalue weighted by atomic mass is 9.85. The highest BCUT2D eigenvalue weighted by atomic mass is 32.1. The van der Waals surface area contributed by atoms with Gasteiger partial charge < -0.3 is 25.4 Å². The summed E-state index contributed by atoms with van der Waals surface area (Å²) < 4.78 is 7.20. The molecule has 0 bridgehead atoms. The Morgan fingerprint density at radius 3 is 2.80 bits per heavy atom. The van der Waals surface area contributed by atoms with Gasteiger partial charge in [0.25, 0.3) is 0 Å². The second-order valence-corrected chi connectivity index (χ2v) is 8.41. The lowest BCUT2D eigenvalue weighted by Crippen LogP contribution is -2.33. The Bertz CT molecular complexity index is 1040. The molecule has 1 fully saturated rings. The summed E-state index contributed by atoms with van der Waals surface area (Å²) in [7, 11) is 0. The summed E-state index contributed by atoms with van der Waals surface area (Å²) in [5.74, 6) is 0.958. The molecule has 158 valence electrons. The van der Waals surface area contributed by atoms with Gasteiger partial charge in [-0.3, -0.25) is 4.57 Å². The molecule has 6 atom stereocenters. The van der Waals surface area contributed by atoms with E-state index >= 15 is 0 Å². The standard InChI is InChI=1S/C20H23N5O4S/c26-7-14-16(27)17(28)20(29-14)25-10-23-15-18(21-9-22-19(15)25)24-13-4-2-1-3-12(13)11-5-6-30-8-11/h1-2,5-6,8-10,12-14,16-17,20,26-28H,3-4,7H2,(H,21,22,24)/t12?,13?,14-,16?,17?,20-/m1/s1. The van der Waals surface area contributed by atoms with Crippen LogP contribution in [0.1, 0.15) is 30.6 Å². The zero-order valence-corrected chi connectivity index (χ0v) is 16.9. The number of aliphatic hydroxyl groups excluding tert-OH is 3. The van der Waals surface area contributed by atoms with E-state index in [2.05, 4.69) is 49.2 Å². The molecule has 0 spiro atoms. The Morgan fingerprint density at radius 2 is 2.03 bits per heavy atom. The van der Waals surface area contributed by atoms with E-state index in [1.54, 1.807) is 15.9 Å². The molecule has 10 heteroatoms. The number of anilines is 1. The van der Waals surface area contributed by atoms with Crippen molar-refractivity contribution in [2.24, 2.45) is 0 Å². The molecular formula is C20H23N5O4S. The first-order valence-electron chi connectivity index (χ1n) is 9.91. The summed E-state index contributed by atoms with van der Waals surface area (Å²) in [6.07, 6.45) is 5.06. The fourth-order valence-electron chi connectivity index (χ4n) is 4.26. The van der Waals surface area contributed by atoms with Crippen LogP contribution in [0.25, 0.3) is 11.2 Å². The van der Waals surface area contributed by atoms with Crippen LogP contribution in [0.4, 0.5) is 5.82 Å². The molecule has 3 aromatic heterocycles. The molecule has 9 nitrogen and oxygen atoms in total. The Balaban J connectivity index is 1.45. The van der Waals surface area contributed by atoms with Crippen molar-refractivity contribution in [2.75, 3.05) is 11.9 Å². The number of ether oxygens (including phenoxy) is 1. The molecule has 0 radical (unpaired) electrons. The number of hydrogen-bond donors (Lipinski definition) is 4. The van der Waals surface area contributed by atoms with Crippen LogP contribution in [-0.2, 0) is 4.74 Å². The van der Waals surface area contributed by atoms with Crippen LogP contribution in [0.15, 0.2) is 41.6 Å². The third-order valence-corrected chi connectivity index (χ3v) is 6.58. The summed E-state index contributed by atoms with van der Waals surface area (Å²) in [4.78, 5) is 13.2. The first-order chi connectivity index (χ1) is 14.7. The molecule has 4 unspecified atom stereocenters.